The molecule has 1 amide bonds. The number of methoxy groups -OCH3 is 1. The lowest BCUT2D eigenvalue weighted by Crippen LogP contribution is -2.25. The van der Waals surface area contributed by atoms with Crippen LogP contribution < -0.4 is 20.3 Å². The number of carbonyl (C=O) groups is 1. The Kier molecular flexibility index (Phi) is 5.59. The number of hydrogen-bond acceptors (Lipinski definition) is 6. The molecular weight excluding hydrogens is 362 g/mol. The molecule has 2 N–H and O–H groups in total. The first-order chi connectivity index (χ1) is 13.5. The lowest BCUT2D eigenvalue weighted by atomic mass is 10.2. The minimum atomic E-state index is -0.687. The van der Waals surface area contributed by atoms with E-state index < -0.39 is 17.2 Å². The number of hydrogen-bond donors (Lipinski definition) is 2. The van der Waals surface area contributed by atoms with Crippen molar-refractivity contribution in [2.24, 2.45) is 0 Å². The number of rotatable bonds is 6. The summed E-state index contributed by atoms with van der Waals surface area (Å²) in [6.07, 6.45) is 0. The molecule has 144 valence electrons. The molecule has 0 spiro atoms. The fourth-order valence-corrected chi connectivity index (χ4v) is 2.62. The van der Waals surface area contributed by atoms with Crippen LogP contribution in [-0.2, 0) is 0 Å². The lowest BCUT2D eigenvalue weighted by Gasteiger charge is -2.13. The molecular formula is C20H19N3O5. The van der Waals surface area contributed by atoms with Gasteiger partial charge < -0.3 is 19.9 Å². The molecule has 0 saturated heterocycles. The fourth-order valence-electron chi connectivity index (χ4n) is 2.62. The standard InChI is InChI=1S/C20H19N3O5/c1-3-28-16-10-6-4-8-13(16)21-20(26)19-15(24)12-18(25)23(22-19)14-9-5-7-11-17(14)27-2/h4-12,24H,3H2,1-2H3,(H,21,26). The molecule has 3 aromatic rings. The number of anilines is 1. The Morgan fingerprint density at radius 3 is 2.54 bits per heavy atom. The van der Waals surface area contributed by atoms with Crippen molar-refractivity contribution in [3.05, 3.63) is 70.6 Å². The number of nitrogens with zero attached hydrogens (tertiary/aromatic N) is 2. The Labute approximate surface area is 161 Å². The SMILES string of the molecule is CCOc1ccccc1NC(=O)c1nn(-c2ccccc2OC)c(=O)cc1O. The van der Waals surface area contributed by atoms with E-state index in [9.17, 15) is 14.7 Å². The summed E-state index contributed by atoms with van der Waals surface area (Å²) in [4.78, 5) is 25.0. The molecule has 3 rings (SSSR count). The zero-order valence-corrected chi connectivity index (χ0v) is 15.4. The van der Waals surface area contributed by atoms with Crippen molar-refractivity contribution in [3.63, 3.8) is 0 Å². The number of nitrogens with one attached hydrogen (secondary N) is 1. The van der Waals surface area contributed by atoms with Crippen LogP contribution >= 0.6 is 0 Å². The van der Waals surface area contributed by atoms with E-state index in [-0.39, 0.29) is 5.69 Å². The highest BCUT2D eigenvalue weighted by atomic mass is 16.5. The summed E-state index contributed by atoms with van der Waals surface area (Å²) >= 11 is 0. The molecule has 0 aliphatic heterocycles. The highest BCUT2D eigenvalue weighted by Gasteiger charge is 2.19. The van der Waals surface area contributed by atoms with Crippen LogP contribution in [0.4, 0.5) is 5.69 Å². The van der Waals surface area contributed by atoms with Gasteiger partial charge in [-0.15, -0.1) is 0 Å². The quantitative estimate of drug-likeness (QED) is 0.680. The van der Waals surface area contributed by atoms with Gasteiger partial charge in [0.15, 0.2) is 11.4 Å². The first kappa shape index (κ1) is 19.0. The smallest absolute Gasteiger partial charge is 0.280 e. The predicted molar refractivity (Wildman–Crippen MR) is 104 cm³/mol. The number of aromatic nitrogens is 2. The average molecular weight is 381 g/mol. The second-order valence-corrected chi connectivity index (χ2v) is 5.68. The maximum Gasteiger partial charge on any atom is 0.280 e. The van der Waals surface area contributed by atoms with Gasteiger partial charge in [0.05, 0.1) is 19.4 Å². The van der Waals surface area contributed by atoms with Gasteiger partial charge in [0, 0.05) is 6.07 Å². The van der Waals surface area contributed by atoms with Crippen molar-refractivity contribution in [2.45, 2.75) is 6.92 Å². The molecule has 0 unspecified atom stereocenters. The lowest BCUT2D eigenvalue weighted by molar-refractivity contribution is 0.101. The van der Waals surface area contributed by atoms with Gasteiger partial charge in [0.2, 0.25) is 0 Å². The van der Waals surface area contributed by atoms with Gasteiger partial charge in [0.25, 0.3) is 11.5 Å². The van der Waals surface area contributed by atoms with Gasteiger partial charge in [0.1, 0.15) is 17.2 Å². The maximum atomic E-state index is 12.7. The normalized spacial score (nSPS) is 10.4. The van der Waals surface area contributed by atoms with Crippen molar-refractivity contribution in [3.8, 4) is 22.9 Å². The predicted octanol–water partition coefficient (Wildman–Crippen LogP) is 2.60. The molecule has 0 fully saturated rings. The van der Waals surface area contributed by atoms with Gasteiger partial charge in [-0.3, -0.25) is 9.59 Å². The van der Waals surface area contributed by atoms with E-state index in [0.29, 0.717) is 29.5 Å². The minimum Gasteiger partial charge on any atom is -0.505 e. The van der Waals surface area contributed by atoms with Crippen molar-refractivity contribution >= 4 is 11.6 Å². The Morgan fingerprint density at radius 1 is 1.14 bits per heavy atom. The Hall–Kier alpha value is -3.81. The molecule has 8 heteroatoms. The molecule has 0 atom stereocenters. The van der Waals surface area contributed by atoms with Crippen LogP contribution in [0.5, 0.6) is 17.2 Å². The first-order valence-electron chi connectivity index (χ1n) is 8.55. The second-order valence-electron chi connectivity index (χ2n) is 5.68. The highest BCUT2D eigenvalue weighted by molar-refractivity contribution is 6.05. The molecule has 2 aromatic carbocycles. The summed E-state index contributed by atoms with van der Waals surface area (Å²) in [5.74, 6) is -0.331. The molecule has 0 aliphatic rings. The van der Waals surface area contributed by atoms with Crippen LogP contribution in [0.2, 0.25) is 0 Å². The summed E-state index contributed by atoms with van der Waals surface area (Å²) in [5.41, 5.74) is -0.144. The number of amides is 1. The summed E-state index contributed by atoms with van der Waals surface area (Å²) in [6, 6.07) is 14.5. The average Bonchev–Trinajstić information content (AvgIpc) is 2.69. The van der Waals surface area contributed by atoms with Crippen molar-refractivity contribution in [1.29, 1.82) is 0 Å². The van der Waals surface area contributed by atoms with E-state index in [1.807, 2.05) is 6.92 Å². The van der Waals surface area contributed by atoms with Crippen LogP contribution in [0, 0.1) is 0 Å². The summed E-state index contributed by atoms with van der Waals surface area (Å²) in [5, 5.41) is 16.8. The number of para-hydroxylation sites is 4. The van der Waals surface area contributed by atoms with E-state index >= 15 is 0 Å². The monoisotopic (exact) mass is 381 g/mol. The number of aromatic hydroxyl groups is 1. The number of benzene rings is 2. The minimum absolute atomic E-state index is 0.309. The van der Waals surface area contributed by atoms with Crippen LogP contribution in [0.1, 0.15) is 17.4 Å². The second kappa shape index (κ2) is 8.26. The van der Waals surface area contributed by atoms with Crippen LogP contribution in [0.15, 0.2) is 59.4 Å². The van der Waals surface area contributed by atoms with E-state index in [1.165, 1.54) is 7.11 Å². The van der Waals surface area contributed by atoms with E-state index in [4.69, 9.17) is 9.47 Å². The van der Waals surface area contributed by atoms with Gasteiger partial charge in [-0.2, -0.15) is 9.78 Å². The number of carbonyl (C=O) groups excluding carboxylic acids is 1. The third-order valence-corrected chi connectivity index (χ3v) is 3.88. The van der Waals surface area contributed by atoms with Gasteiger partial charge in [-0.25, -0.2) is 0 Å². The summed E-state index contributed by atoms with van der Waals surface area (Å²) in [7, 11) is 1.46. The van der Waals surface area contributed by atoms with E-state index in [0.717, 1.165) is 10.7 Å². The molecule has 28 heavy (non-hydrogen) atoms. The maximum absolute atomic E-state index is 12.7. The van der Waals surface area contributed by atoms with Crippen molar-refractivity contribution in [2.75, 3.05) is 19.0 Å². The topological polar surface area (TPSA) is 103 Å². The first-order valence-corrected chi connectivity index (χ1v) is 8.55. The molecule has 0 radical (unpaired) electrons. The molecule has 0 saturated carbocycles. The fraction of sp³-hybridized carbons (Fsp3) is 0.150. The molecule has 1 heterocycles. The zero-order valence-electron chi connectivity index (χ0n) is 15.4. The summed E-state index contributed by atoms with van der Waals surface area (Å²) < 4.78 is 11.7. The Morgan fingerprint density at radius 2 is 1.82 bits per heavy atom. The molecule has 0 bridgehead atoms. The van der Waals surface area contributed by atoms with Gasteiger partial charge in [-0.05, 0) is 31.2 Å². The number of ether oxygens (including phenoxy) is 2. The largest absolute Gasteiger partial charge is 0.505 e. The zero-order chi connectivity index (χ0) is 20.1. The van der Waals surface area contributed by atoms with Crippen LogP contribution in [-0.4, -0.2) is 34.5 Å². The van der Waals surface area contributed by atoms with E-state index in [1.54, 1.807) is 48.5 Å². The molecule has 1 aromatic heterocycles. The van der Waals surface area contributed by atoms with Crippen LogP contribution in [0.3, 0.4) is 0 Å². The molecule has 8 nitrogen and oxygen atoms in total. The highest BCUT2D eigenvalue weighted by Crippen LogP contribution is 2.25. The van der Waals surface area contributed by atoms with Gasteiger partial charge in [-0.1, -0.05) is 24.3 Å². The Balaban J connectivity index is 2.01. The third-order valence-electron chi connectivity index (χ3n) is 3.88. The van der Waals surface area contributed by atoms with Crippen molar-refractivity contribution < 1.29 is 19.4 Å². The molecule has 0 aliphatic carbocycles. The Bertz CT molecular complexity index is 1060. The third kappa shape index (κ3) is 3.80. The van der Waals surface area contributed by atoms with Crippen molar-refractivity contribution in [1.82, 2.24) is 9.78 Å². The van der Waals surface area contributed by atoms with Crippen LogP contribution in [0.25, 0.3) is 5.69 Å². The van der Waals surface area contributed by atoms with Gasteiger partial charge >= 0.3 is 0 Å². The summed E-state index contributed by atoms with van der Waals surface area (Å²) in [6.45, 7) is 2.25. The van der Waals surface area contributed by atoms with E-state index in [2.05, 4.69) is 10.4 Å².